The highest BCUT2D eigenvalue weighted by Crippen LogP contribution is 2.06. The van der Waals surface area contributed by atoms with Crippen LogP contribution in [0.5, 0.6) is 0 Å². The Morgan fingerprint density at radius 2 is 2.36 bits per heavy atom. The van der Waals surface area contributed by atoms with Gasteiger partial charge >= 0.3 is 0 Å². The van der Waals surface area contributed by atoms with E-state index in [1.54, 1.807) is 12.1 Å². The predicted molar refractivity (Wildman–Crippen MR) is 55.7 cm³/mol. The second kappa shape index (κ2) is 5.03. The van der Waals surface area contributed by atoms with E-state index in [0.29, 0.717) is 30.6 Å². The van der Waals surface area contributed by atoms with Crippen LogP contribution in [0.15, 0.2) is 18.3 Å². The molecule has 0 fully saturated rings. The molecule has 0 saturated heterocycles. The molecule has 0 aliphatic rings. The number of pyridine rings is 1. The molecule has 3 nitrogen and oxygen atoms in total. The van der Waals surface area contributed by atoms with Gasteiger partial charge in [-0.3, -0.25) is 9.78 Å². The zero-order chi connectivity index (χ0) is 10.4. The van der Waals surface area contributed by atoms with E-state index in [2.05, 4.69) is 10.9 Å². The van der Waals surface area contributed by atoms with Crippen LogP contribution >= 0.6 is 0 Å². The molecule has 2 N–H and O–H groups in total. The molecule has 0 aliphatic heterocycles. The molecule has 0 saturated carbocycles. The summed E-state index contributed by atoms with van der Waals surface area (Å²) in [5.74, 6) is 2.51. The summed E-state index contributed by atoms with van der Waals surface area (Å²) in [4.78, 5) is 15.4. The van der Waals surface area contributed by atoms with E-state index >= 15 is 0 Å². The Morgan fingerprint density at radius 1 is 1.57 bits per heavy atom. The number of rotatable bonds is 4. The van der Waals surface area contributed by atoms with E-state index in [-0.39, 0.29) is 5.78 Å². The number of Topliss-reactive ketones (excluding diaryl/α,β-unsaturated/α-hetero) is 1. The Balaban J connectivity index is 2.53. The van der Waals surface area contributed by atoms with Gasteiger partial charge in [0.2, 0.25) is 0 Å². The fourth-order valence-corrected chi connectivity index (χ4v) is 1.05. The lowest BCUT2D eigenvalue weighted by atomic mass is 10.1. The van der Waals surface area contributed by atoms with Crippen molar-refractivity contribution >= 4 is 11.5 Å². The molecule has 1 aromatic rings. The molecule has 1 heterocycles. The molecule has 0 aromatic carbocycles. The Hall–Kier alpha value is -1.82. The maximum absolute atomic E-state index is 11.5. The van der Waals surface area contributed by atoms with Gasteiger partial charge in [0.25, 0.3) is 0 Å². The zero-order valence-electron chi connectivity index (χ0n) is 7.86. The third-order valence-electron chi connectivity index (χ3n) is 1.80. The quantitative estimate of drug-likeness (QED) is 0.444. The van der Waals surface area contributed by atoms with E-state index in [1.165, 1.54) is 6.20 Å². The van der Waals surface area contributed by atoms with E-state index < -0.39 is 0 Å². The number of terminal acetylenes is 1. The number of anilines is 1. The lowest BCUT2D eigenvalue weighted by Gasteiger charge is -1.98. The van der Waals surface area contributed by atoms with Crippen LogP contribution in [0.3, 0.4) is 0 Å². The van der Waals surface area contributed by atoms with Gasteiger partial charge in [-0.1, -0.05) is 0 Å². The summed E-state index contributed by atoms with van der Waals surface area (Å²) >= 11 is 0. The Kier molecular flexibility index (Phi) is 3.69. The van der Waals surface area contributed by atoms with Crippen LogP contribution in [-0.2, 0) is 0 Å². The average Bonchev–Trinajstić information content (AvgIpc) is 2.19. The number of nitrogens with two attached hydrogens (primary N) is 1. The maximum atomic E-state index is 11.5. The van der Waals surface area contributed by atoms with Gasteiger partial charge in [-0.15, -0.1) is 12.3 Å². The van der Waals surface area contributed by atoms with Gasteiger partial charge in [0.1, 0.15) is 5.69 Å². The summed E-state index contributed by atoms with van der Waals surface area (Å²) in [6.07, 6.45) is 8.34. The normalized spacial score (nSPS) is 9.36. The largest absolute Gasteiger partial charge is 0.397 e. The van der Waals surface area contributed by atoms with E-state index in [0.717, 1.165) is 0 Å². The fourth-order valence-electron chi connectivity index (χ4n) is 1.05. The van der Waals surface area contributed by atoms with E-state index in [1.807, 2.05) is 0 Å². The van der Waals surface area contributed by atoms with Crippen molar-refractivity contribution < 1.29 is 4.79 Å². The van der Waals surface area contributed by atoms with Crippen molar-refractivity contribution in [1.29, 1.82) is 0 Å². The topological polar surface area (TPSA) is 56.0 Å². The number of hydrogen-bond acceptors (Lipinski definition) is 3. The molecule has 3 heteroatoms. The Morgan fingerprint density at radius 3 is 2.93 bits per heavy atom. The van der Waals surface area contributed by atoms with Gasteiger partial charge in [-0.25, -0.2) is 0 Å². The molecule has 0 atom stereocenters. The first kappa shape index (κ1) is 10.3. The van der Waals surface area contributed by atoms with Crippen LogP contribution in [0.2, 0.25) is 0 Å². The first-order valence-corrected chi connectivity index (χ1v) is 4.42. The molecule has 72 valence electrons. The van der Waals surface area contributed by atoms with E-state index in [9.17, 15) is 4.79 Å². The number of carbonyl (C=O) groups is 1. The fraction of sp³-hybridized carbons (Fsp3) is 0.273. The van der Waals surface area contributed by atoms with Crippen molar-refractivity contribution in [1.82, 2.24) is 4.98 Å². The summed E-state index contributed by atoms with van der Waals surface area (Å²) in [5, 5.41) is 0. The molecular weight excluding hydrogens is 176 g/mol. The first-order chi connectivity index (χ1) is 6.74. The summed E-state index contributed by atoms with van der Waals surface area (Å²) in [7, 11) is 0. The molecule has 0 amide bonds. The minimum atomic E-state index is 0.0141. The van der Waals surface area contributed by atoms with Crippen molar-refractivity contribution in [2.75, 3.05) is 5.73 Å². The molecule has 0 unspecified atom stereocenters. The smallest absolute Gasteiger partial charge is 0.181 e. The van der Waals surface area contributed by atoms with Gasteiger partial charge in [-0.2, -0.15) is 0 Å². The SMILES string of the molecule is C#CCCCC(=O)c1ccc(N)cn1. The predicted octanol–water partition coefficient (Wildman–Crippen LogP) is 1.65. The zero-order valence-corrected chi connectivity index (χ0v) is 7.86. The highest BCUT2D eigenvalue weighted by atomic mass is 16.1. The highest BCUT2D eigenvalue weighted by molar-refractivity contribution is 5.94. The van der Waals surface area contributed by atoms with Crippen molar-refractivity contribution in [2.45, 2.75) is 19.3 Å². The monoisotopic (exact) mass is 188 g/mol. The number of aromatic nitrogens is 1. The van der Waals surface area contributed by atoms with Gasteiger partial charge in [0.05, 0.1) is 11.9 Å². The number of ketones is 1. The Labute approximate surface area is 83.3 Å². The van der Waals surface area contributed by atoms with Crippen molar-refractivity contribution in [3.8, 4) is 12.3 Å². The lowest BCUT2D eigenvalue weighted by Crippen LogP contribution is -2.02. The van der Waals surface area contributed by atoms with Gasteiger partial charge in [0, 0.05) is 12.8 Å². The molecule has 1 rings (SSSR count). The number of carbonyl (C=O) groups excluding carboxylic acids is 1. The van der Waals surface area contributed by atoms with Crippen LogP contribution in [0.1, 0.15) is 29.8 Å². The van der Waals surface area contributed by atoms with Crippen LogP contribution in [0.25, 0.3) is 0 Å². The van der Waals surface area contributed by atoms with Crippen LogP contribution in [-0.4, -0.2) is 10.8 Å². The maximum Gasteiger partial charge on any atom is 0.181 e. The second-order valence-corrected chi connectivity index (χ2v) is 2.96. The lowest BCUT2D eigenvalue weighted by molar-refractivity contribution is 0.0976. The molecule has 0 aliphatic carbocycles. The number of nitrogens with zero attached hydrogens (tertiary/aromatic N) is 1. The summed E-state index contributed by atoms with van der Waals surface area (Å²) in [6, 6.07) is 3.30. The van der Waals surface area contributed by atoms with Gasteiger partial charge < -0.3 is 5.73 Å². The van der Waals surface area contributed by atoms with Crippen molar-refractivity contribution in [3.05, 3.63) is 24.0 Å². The number of nitrogen functional groups attached to an aromatic ring is 1. The highest BCUT2D eigenvalue weighted by Gasteiger charge is 2.05. The Bertz CT molecular complexity index is 349. The third-order valence-corrected chi connectivity index (χ3v) is 1.80. The first-order valence-electron chi connectivity index (χ1n) is 4.42. The molecule has 1 aromatic heterocycles. The molecular formula is C11H12N2O. The van der Waals surface area contributed by atoms with Crippen LogP contribution in [0, 0.1) is 12.3 Å². The number of hydrogen-bond donors (Lipinski definition) is 1. The van der Waals surface area contributed by atoms with Crippen LogP contribution < -0.4 is 5.73 Å². The number of unbranched alkanes of at least 4 members (excludes halogenated alkanes) is 1. The van der Waals surface area contributed by atoms with Crippen LogP contribution in [0.4, 0.5) is 5.69 Å². The van der Waals surface area contributed by atoms with Crippen molar-refractivity contribution in [2.24, 2.45) is 0 Å². The molecule has 14 heavy (non-hydrogen) atoms. The van der Waals surface area contributed by atoms with Gasteiger partial charge in [0.15, 0.2) is 5.78 Å². The third kappa shape index (κ3) is 2.91. The molecule has 0 radical (unpaired) electrons. The standard InChI is InChI=1S/C11H12N2O/c1-2-3-4-5-11(14)10-7-6-9(12)8-13-10/h1,6-8H,3-5,12H2. The molecule has 0 spiro atoms. The van der Waals surface area contributed by atoms with Crippen molar-refractivity contribution in [3.63, 3.8) is 0 Å². The average molecular weight is 188 g/mol. The summed E-state index contributed by atoms with van der Waals surface area (Å²) in [6.45, 7) is 0. The van der Waals surface area contributed by atoms with E-state index in [4.69, 9.17) is 12.2 Å². The molecule has 0 bridgehead atoms. The second-order valence-electron chi connectivity index (χ2n) is 2.96. The summed E-state index contributed by atoms with van der Waals surface area (Å²) in [5.41, 5.74) is 6.46. The minimum absolute atomic E-state index is 0.0141. The van der Waals surface area contributed by atoms with Gasteiger partial charge in [-0.05, 0) is 18.6 Å². The minimum Gasteiger partial charge on any atom is -0.397 e. The summed E-state index contributed by atoms with van der Waals surface area (Å²) < 4.78 is 0.